The maximum atomic E-state index is 12.4. The first-order valence-corrected chi connectivity index (χ1v) is 8.51. The highest BCUT2D eigenvalue weighted by molar-refractivity contribution is 5.77. The quantitative estimate of drug-likeness (QED) is 0.900. The van der Waals surface area contributed by atoms with Crippen LogP contribution in [0.25, 0.3) is 0 Å². The average molecular weight is 335 g/mol. The standard InChI is InChI=1S/C20H21N3O2/c1-12-15(13(2)22-20(25)17(12)11-21)8-10-19(24)23-18-9-7-14-5-3-4-6-16(14)18/h3-6,18H,7-10H2,1-2H3,(H,22,25)(H,23,24)/t18-/m1/s1. The van der Waals surface area contributed by atoms with E-state index in [1.54, 1.807) is 13.8 Å². The predicted molar refractivity (Wildman–Crippen MR) is 95.2 cm³/mol. The van der Waals surface area contributed by atoms with Crippen molar-refractivity contribution in [2.45, 2.75) is 45.6 Å². The van der Waals surface area contributed by atoms with E-state index in [1.807, 2.05) is 18.2 Å². The third kappa shape index (κ3) is 3.34. The van der Waals surface area contributed by atoms with Gasteiger partial charge >= 0.3 is 0 Å². The van der Waals surface area contributed by atoms with Crippen molar-refractivity contribution in [2.75, 3.05) is 0 Å². The van der Waals surface area contributed by atoms with Crippen molar-refractivity contribution in [2.24, 2.45) is 0 Å². The molecule has 3 rings (SSSR count). The molecule has 1 atom stereocenters. The van der Waals surface area contributed by atoms with E-state index < -0.39 is 0 Å². The summed E-state index contributed by atoms with van der Waals surface area (Å²) in [7, 11) is 0. The Morgan fingerprint density at radius 1 is 1.36 bits per heavy atom. The number of nitrogens with zero attached hydrogens (tertiary/aromatic N) is 1. The van der Waals surface area contributed by atoms with Gasteiger partial charge in [0.1, 0.15) is 11.6 Å². The second kappa shape index (κ2) is 6.94. The number of aromatic nitrogens is 1. The Morgan fingerprint density at radius 3 is 2.88 bits per heavy atom. The van der Waals surface area contributed by atoms with Crippen LogP contribution in [0.5, 0.6) is 0 Å². The second-order valence-corrected chi connectivity index (χ2v) is 6.53. The maximum Gasteiger partial charge on any atom is 0.266 e. The fraction of sp³-hybridized carbons (Fsp3) is 0.350. The number of carbonyl (C=O) groups is 1. The van der Waals surface area contributed by atoms with E-state index in [4.69, 9.17) is 5.26 Å². The number of benzene rings is 1. The number of rotatable bonds is 4. The third-order valence-corrected chi connectivity index (χ3v) is 4.99. The minimum absolute atomic E-state index is 0.00906. The molecule has 1 aliphatic rings. The molecule has 0 saturated heterocycles. The van der Waals surface area contributed by atoms with Crippen LogP contribution in [0.4, 0.5) is 0 Å². The van der Waals surface area contributed by atoms with Gasteiger partial charge in [0.2, 0.25) is 5.91 Å². The van der Waals surface area contributed by atoms with Gasteiger partial charge in [0.05, 0.1) is 6.04 Å². The van der Waals surface area contributed by atoms with Gasteiger partial charge in [0.15, 0.2) is 0 Å². The zero-order chi connectivity index (χ0) is 18.0. The van der Waals surface area contributed by atoms with Crippen molar-refractivity contribution in [3.05, 3.63) is 68.1 Å². The van der Waals surface area contributed by atoms with Gasteiger partial charge in [-0.1, -0.05) is 24.3 Å². The van der Waals surface area contributed by atoms with Gasteiger partial charge in [-0.3, -0.25) is 9.59 Å². The predicted octanol–water partition coefficient (Wildman–Crippen LogP) is 2.60. The number of nitriles is 1. The van der Waals surface area contributed by atoms with Crippen molar-refractivity contribution in [1.29, 1.82) is 5.26 Å². The van der Waals surface area contributed by atoms with E-state index in [0.717, 1.165) is 24.1 Å². The number of aromatic amines is 1. The van der Waals surface area contributed by atoms with Gasteiger partial charge in [-0.15, -0.1) is 0 Å². The van der Waals surface area contributed by atoms with Crippen molar-refractivity contribution in [3.63, 3.8) is 0 Å². The second-order valence-electron chi connectivity index (χ2n) is 6.53. The summed E-state index contributed by atoms with van der Waals surface area (Å²) >= 11 is 0. The normalized spacial score (nSPS) is 15.5. The van der Waals surface area contributed by atoms with Crippen LogP contribution in [-0.4, -0.2) is 10.9 Å². The third-order valence-electron chi connectivity index (χ3n) is 4.99. The van der Waals surface area contributed by atoms with Gasteiger partial charge in [0, 0.05) is 12.1 Å². The first-order valence-electron chi connectivity index (χ1n) is 8.51. The minimum atomic E-state index is -0.367. The number of hydrogen-bond donors (Lipinski definition) is 2. The molecule has 0 unspecified atom stereocenters. The van der Waals surface area contributed by atoms with Crippen LogP contribution in [-0.2, 0) is 17.6 Å². The summed E-state index contributed by atoms with van der Waals surface area (Å²) in [4.78, 5) is 26.8. The molecule has 0 spiro atoms. The Labute approximate surface area is 146 Å². The molecular formula is C20H21N3O2. The molecule has 0 radical (unpaired) electrons. The number of H-pyrrole nitrogens is 1. The summed E-state index contributed by atoms with van der Waals surface area (Å²) in [5.41, 5.74) is 4.54. The molecule has 0 fully saturated rings. The van der Waals surface area contributed by atoms with Crippen LogP contribution in [0.15, 0.2) is 29.1 Å². The molecule has 5 nitrogen and oxygen atoms in total. The molecule has 2 aromatic rings. The van der Waals surface area contributed by atoms with E-state index in [0.29, 0.717) is 18.4 Å². The molecule has 1 amide bonds. The van der Waals surface area contributed by atoms with Crippen molar-refractivity contribution in [3.8, 4) is 6.07 Å². The zero-order valence-electron chi connectivity index (χ0n) is 14.5. The topological polar surface area (TPSA) is 85.8 Å². The number of carbonyl (C=O) groups excluding carboxylic acids is 1. The molecule has 2 N–H and O–H groups in total. The number of fused-ring (bicyclic) bond motifs is 1. The maximum absolute atomic E-state index is 12.4. The van der Waals surface area contributed by atoms with Crippen LogP contribution in [0.3, 0.4) is 0 Å². The number of hydrogen-bond acceptors (Lipinski definition) is 3. The lowest BCUT2D eigenvalue weighted by atomic mass is 9.99. The van der Waals surface area contributed by atoms with Crippen LogP contribution in [0.2, 0.25) is 0 Å². The van der Waals surface area contributed by atoms with Gasteiger partial charge in [-0.05, 0) is 55.4 Å². The molecule has 5 heteroatoms. The van der Waals surface area contributed by atoms with E-state index in [9.17, 15) is 9.59 Å². The molecule has 0 aliphatic heterocycles. The van der Waals surface area contributed by atoms with Crippen molar-refractivity contribution >= 4 is 5.91 Å². The van der Waals surface area contributed by atoms with Gasteiger partial charge in [0.25, 0.3) is 5.56 Å². The highest BCUT2D eigenvalue weighted by Gasteiger charge is 2.23. The fourth-order valence-electron chi connectivity index (χ4n) is 3.63. The number of amides is 1. The van der Waals surface area contributed by atoms with E-state index in [-0.39, 0.29) is 23.1 Å². The van der Waals surface area contributed by atoms with E-state index in [1.165, 1.54) is 11.1 Å². The monoisotopic (exact) mass is 335 g/mol. The average Bonchev–Trinajstić information content (AvgIpc) is 2.98. The zero-order valence-corrected chi connectivity index (χ0v) is 14.5. The van der Waals surface area contributed by atoms with Gasteiger partial charge < -0.3 is 10.3 Å². The lowest BCUT2D eigenvalue weighted by molar-refractivity contribution is -0.121. The molecule has 1 heterocycles. The van der Waals surface area contributed by atoms with Gasteiger partial charge in [-0.2, -0.15) is 5.26 Å². The summed E-state index contributed by atoms with van der Waals surface area (Å²) in [5.74, 6) is -0.00906. The Hall–Kier alpha value is -2.87. The molecule has 128 valence electrons. The highest BCUT2D eigenvalue weighted by atomic mass is 16.1. The number of aryl methyl sites for hydroxylation is 2. The SMILES string of the molecule is Cc1[nH]c(=O)c(C#N)c(C)c1CCC(=O)N[C@@H]1CCc2ccccc21. The van der Waals surface area contributed by atoms with E-state index >= 15 is 0 Å². The molecule has 1 aliphatic carbocycles. The first-order chi connectivity index (χ1) is 12.0. The Kier molecular flexibility index (Phi) is 4.71. The van der Waals surface area contributed by atoms with Gasteiger partial charge in [-0.25, -0.2) is 0 Å². The Bertz CT molecular complexity index is 922. The van der Waals surface area contributed by atoms with Crippen molar-refractivity contribution < 1.29 is 4.79 Å². The summed E-state index contributed by atoms with van der Waals surface area (Å²) in [6.07, 6.45) is 2.76. The highest BCUT2D eigenvalue weighted by Crippen LogP contribution is 2.30. The smallest absolute Gasteiger partial charge is 0.266 e. The van der Waals surface area contributed by atoms with Crippen LogP contribution in [0, 0.1) is 25.2 Å². The Balaban J connectivity index is 1.68. The number of nitrogens with one attached hydrogen (secondary N) is 2. The number of pyridine rings is 1. The molecule has 0 bridgehead atoms. The Morgan fingerprint density at radius 2 is 2.12 bits per heavy atom. The summed E-state index contributed by atoms with van der Waals surface area (Å²) in [6.45, 7) is 3.57. The molecule has 1 aromatic heterocycles. The fourth-order valence-corrected chi connectivity index (χ4v) is 3.63. The molecule has 0 saturated carbocycles. The summed E-state index contributed by atoms with van der Waals surface area (Å²) in [5, 5.41) is 12.2. The first kappa shape index (κ1) is 17.0. The lowest BCUT2D eigenvalue weighted by Gasteiger charge is -2.15. The molecule has 1 aromatic carbocycles. The lowest BCUT2D eigenvalue weighted by Crippen LogP contribution is -2.27. The summed E-state index contributed by atoms with van der Waals surface area (Å²) in [6, 6.07) is 10.2. The van der Waals surface area contributed by atoms with Crippen molar-refractivity contribution in [1.82, 2.24) is 10.3 Å². The van der Waals surface area contributed by atoms with Crippen LogP contribution >= 0.6 is 0 Å². The largest absolute Gasteiger partial charge is 0.349 e. The minimum Gasteiger partial charge on any atom is -0.349 e. The van der Waals surface area contributed by atoms with E-state index in [2.05, 4.69) is 22.4 Å². The van der Waals surface area contributed by atoms with Crippen LogP contribution in [0.1, 0.15) is 52.4 Å². The summed E-state index contributed by atoms with van der Waals surface area (Å²) < 4.78 is 0. The molecular weight excluding hydrogens is 314 g/mol. The van der Waals surface area contributed by atoms with Crippen LogP contribution < -0.4 is 10.9 Å². The molecule has 25 heavy (non-hydrogen) atoms.